The highest BCUT2D eigenvalue weighted by molar-refractivity contribution is 5.85. The number of alkyl halides is 4. The van der Waals surface area contributed by atoms with Gasteiger partial charge in [0.15, 0.2) is 11.2 Å². The zero-order valence-electron chi connectivity index (χ0n) is 29.9. The van der Waals surface area contributed by atoms with Crippen molar-refractivity contribution in [3.05, 3.63) is 95.1 Å². The summed E-state index contributed by atoms with van der Waals surface area (Å²) in [5, 5.41) is 9.65. The fourth-order valence-corrected chi connectivity index (χ4v) is 7.61. The molecule has 6 aromatic rings. The van der Waals surface area contributed by atoms with Gasteiger partial charge in [-0.15, -0.1) is 0 Å². The molecule has 2 aliphatic heterocycles. The molecule has 4 aromatic carbocycles. The van der Waals surface area contributed by atoms with Crippen LogP contribution >= 0.6 is 0 Å². The lowest BCUT2D eigenvalue weighted by atomic mass is 9.91. The zero-order chi connectivity index (χ0) is 38.4. The molecule has 2 aromatic heterocycles. The number of benzene rings is 4. The average Bonchev–Trinajstić information content (AvgIpc) is 3.96. The molecule has 55 heavy (non-hydrogen) atoms. The zero-order valence-corrected chi connectivity index (χ0v) is 29.9. The molecule has 0 radical (unpaired) electrons. The lowest BCUT2D eigenvalue weighted by molar-refractivity contribution is -0.142. The molecule has 10 nitrogen and oxygen atoms in total. The Hall–Kier alpha value is -5.73. The first-order valence-corrected chi connectivity index (χ1v) is 17.8. The summed E-state index contributed by atoms with van der Waals surface area (Å²) in [6.45, 7) is 0.246. The van der Waals surface area contributed by atoms with Crippen molar-refractivity contribution in [3.63, 3.8) is 0 Å². The SMILES string of the molecule is Cc1c(-c2nc3cc(CN4CC=CC4)c(OC(F)F)cc3o2)cccc1-c1cccc(-c2nc3cc(CN4CCC[C@H]4C(=O)O)c(OC(F)F)cc3o2)c1C. The Bertz CT molecular complexity index is 2440. The monoisotopic (exact) mass is 756 g/mol. The van der Waals surface area contributed by atoms with Gasteiger partial charge in [0.25, 0.3) is 0 Å². The van der Waals surface area contributed by atoms with Gasteiger partial charge in [0.2, 0.25) is 11.8 Å². The van der Waals surface area contributed by atoms with Crippen LogP contribution in [0.2, 0.25) is 0 Å². The van der Waals surface area contributed by atoms with E-state index in [1.807, 2.05) is 62.4 Å². The van der Waals surface area contributed by atoms with Gasteiger partial charge in [-0.05, 0) is 79.8 Å². The van der Waals surface area contributed by atoms with Gasteiger partial charge < -0.3 is 23.4 Å². The van der Waals surface area contributed by atoms with Gasteiger partial charge in [-0.3, -0.25) is 14.6 Å². The highest BCUT2D eigenvalue weighted by atomic mass is 19.3. The maximum atomic E-state index is 13.5. The maximum absolute atomic E-state index is 13.5. The number of nitrogens with zero attached hydrogens (tertiary/aromatic N) is 4. The molecular formula is C41H36F4N4O6. The van der Waals surface area contributed by atoms with Crippen LogP contribution in [0, 0.1) is 13.8 Å². The van der Waals surface area contributed by atoms with Gasteiger partial charge in [-0.2, -0.15) is 17.6 Å². The minimum Gasteiger partial charge on any atom is -0.480 e. The van der Waals surface area contributed by atoms with Crippen molar-refractivity contribution >= 4 is 28.2 Å². The lowest BCUT2D eigenvalue weighted by Gasteiger charge is -2.22. The second-order valence-electron chi connectivity index (χ2n) is 13.7. The number of carboxylic acids is 1. The first-order chi connectivity index (χ1) is 26.5. The molecule has 0 aliphatic carbocycles. The highest BCUT2D eigenvalue weighted by Gasteiger charge is 2.31. The van der Waals surface area contributed by atoms with Gasteiger partial charge >= 0.3 is 19.2 Å². The van der Waals surface area contributed by atoms with Crippen LogP contribution in [-0.4, -0.2) is 69.7 Å². The number of aliphatic carboxylic acids is 1. The van der Waals surface area contributed by atoms with E-state index in [0.717, 1.165) is 22.3 Å². The van der Waals surface area contributed by atoms with Gasteiger partial charge in [-0.1, -0.05) is 36.4 Å². The Morgan fingerprint density at radius 3 is 1.76 bits per heavy atom. The van der Waals surface area contributed by atoms with Gasteiger partial charge in [0, 0.05) is 60.6 Å². The number of aromatic nitrogens is 2. The molecule has 1 fully saturated rings. The minimum absolute atomic E-state index is 0.0432. The number of halogens is 4. The molecule has 1 saturated heterocycles. The molecule has 0 spiro atoms. The van der Waals surface area contributed by atoms with Crippen molar-refractivity contribution in [1.82, 2.24) is 19.8 Å². The summed E-state index contributed by atoms with van der Waals surface area (Å²) in [5.41, 5.74) is 7.31. The van der Waals surface area contributed by atoms with E-state index >= 15 is 0 Å². The summed E-state index contributed by atoms with van der Waals surface area (Å²) in [5.74, 6) is -0.418. The Morgan fingerprint density at radius 1 is 0.782 bits per heavy atom. The summed E-state index contributed by atoms with van der Waals surface area (Å²) < 4.78 is 75.8. The molecule has 0 saturated carbocycles. The second-order valence-corrected chi connectivity index (χ2v) is 13.7. The van der Waals surface area contributed by atoms with Crippen molar-refractivity contribution in [2.75, 3.05) is 19.6 Å². The van der Waals surface area contributed by atoms with Crippen molar-refractivity contribution in [1.29, 1.82) is 0 Å². The molecule has 2 aliphatic rings. The summed E-state index contributed by atoms with van der Waals surface area (Å²) in [4.78, 5) is 25.1. The van der Waals surface area contributed by atoms with Crippen molar-refractivity contribution < 1.29 is 45.8 Å². The Morgan fingerprint density at radius 2 is 1.27 bits per heavy atom. The lowest BCUT2D eigenvalue weighted by Crippen LogP contribution is -2.35. The third-order valence-electron chi connectivity index (χ3n) is 10.3. The van der Waals surface area contributed by atoms with Gasteiger partial charge in [0.05, 0.1) is 0 Å². The standard InChI is InChI=1S/C41H36F4N4O6/c1-22-26(8-5-10-28(22)37-46-30-16-24(20-48-13-3-4-14-48)33(54-40(42)43)18-35(30)52-37)27-9-6-11-29(23(27)2)38-47-31-17-25(21-49-15-7-12-32(49)39(50)51)34(55-41(44)45)19-36(31)53-38/h3-6,8-11,16-19,32,40-41H,7,12-15,20-21H2,1-2H3,(H,50,51)/t32-/m0/s1. The van der Waals surface area contributed by atoms with Crippen LogP contribution < -0.4 is 9.47 Å². The number of carbonyl (C=O) groups is 1. The normalized spacial score (nSPS) is 16.4. The number of hydrogen-bond acceptors (Lipinski definition) is 9. The third-order valence-corrected chi connectivity index (χ3v) is 10.3. The Balaban J connectivity index is 1.13. The quantitative estimate of drug-likeness (QED) is 0.0958. The number of ether oxygens (including phenoxy) is 2. The molecule has 4 heterocycles. The third kappa shape index (κ3) is 7.26. The predicted octanol–water partition coefficient (Wildman–Crippen LogP) is 9.21. The Kier molecular flexibility index (Phi) is 9.78. The van der Waals surface area contributed by atoms with Crippen LogP contribution in [0.15, 0.2) is 81.7 Å². The van der Waals surface area contributed by atoms with Crippen LogP contribution in [0.4, 0.5) is 17.6 Å². The van der Waals surface area contributed by atoms with Crippen LogP contribution in [0.1, 0.15) is 35.1 Å². The molecule has 14 heteroatoms. The van der Waals surface area contributed by atoms with E-state index in [-0.39, 0.29) is 29.5 Å². The molecule has 0 unspecified atom stereocenters. The smallest absolute Gasteiger partial charge is 0.387 e. The van der Waals surface area contributed by atoms with Crippen LogP contribution in [0.25, 0.3) is 56.2 Å². The average molecular weight is 757 g/mol. The Labute approximate surface area is 312 Å². The van der Waals surface area contributed by atoms with E-state index < -0.39 is 25.2 Å². The van der Waals surface area contributed by atoms with Crippen molar-refractivity contribution in [2.24, 2.45) is 0 Å². The van der Waals surface area contributed by atoms with E-state index in [4.69, 9.17) is 28.3 Å². The van der Waals surface area contributed by atoms with Gasteiger partial charge in [0.1, 0.15) is 28.6 Å². The number of hydrogen-bond donors (Lipinski definition) is 1. The summed E-state index contributed by atoms with van der Waals surface area (Å²) in [7, 11) is 0. The molecule has 8 rings (SSSR count). The second kappa shape index (κ2) is 14.8. The van der Waals surface area contributed by atoms with E-state index in [1.54, 1.807) is 17.0 Å². The molecule has 1 N–H and O–H groups in total. The molecule has 284 valence electrons. The number of carboxylic acid groups (broad SMARTS) is 1. The number of oxazole rings is 2. The van der Waals surface area contributed by atoms with E-state index in [9.17, 15) is 27.5 Å². The molecule has 0 bridgehead atoms. The fraction of sp³-hybridized carbons (Fsp3) is 0.293. The predicted molar refractivity (Wildman–Crippen MR) is 196 cm³/mol. The largest absolute Gasteiger partial charge is 0.480 e. The first kappa shape index (κ1) is 36.3. The molecule has 1 atom stereocenters. The molecule has 0 amide bonds. The van der Waals surface area contributed by atoms with Crippen molar-refractivity contribution in [3.8, 4) is 45.5 Å². The van der Waals surface area contributed by atoms with Crippen LogP contribution in [0.3, 0.4) is 0 Å². The summed E-state index contributed by atoms with van der Waals surface area (Å²) in [6.07, 6.45) is 5.21. The van der Waals surface area contributed by atoms with Crippen LogP contribution in [-0.2, 0) is 17.9 Å². The van der Waals surface area contributed by atoms with Crippen molar-refractivity contribution in [2.45, 2.75) is 59.0 Å². The fourth-order valence-electron chi connectivity index (χ4n) is 7.61. The summed E-state index contributed by atoms with van der Waals surface area (Å²) in [6, 6.07) is 16.9. The van der Waals surface area contributed by atoms with E-state index in [1.165, 1.54) is 12.1 Å². The number of fused-ring (bicyclic) bond motifs is 2. The summed E-state index contributed by atoms with van der Waals surface area (Å²) >= 11 is 0. The van der Waals surface area contributed by atoms with E-state index in [2.05, 4.69) is 4.90 Å². The van der Waals surface area contributed by atoms with E-state index in [0.29, 0.717) is 83.8 Å². The maximum Gasteiger partial charge on any atom is 0.387 e. The van der Waals surface area contributed by atoms with Gasteiger partial charge in [-0.25, -0.2) is 9.97 Å². The number of likely N-dealkylation sites (tertiary alicyclic amines) is 1. The topological polar surface area (TPSA) is 114 Å². The molecular weight excluding hydrogens is 720 g/mol. The first-order valence-electron chi connectivity index (χ1n) is 17.8. The van der Waals surface area contributed by atoms with Crippen LogP contribution in [0.5, 0.6) is 11.5 Å². The number of rotatable bonds is 12. The highest BCUT2D eigenvalue weighted by Crippen LogP contribution is 2.40. The minimum atomic E-state index is -3.09.